The van der Waals surface area contributed by atoms with Crippen LogP contribution < -0.4 is 4.74 Å². The van der Waals surface area contributed by atoms with Crippen LogP contribution in [0.25, 0.3) is 16.8 Å². The highest BCUT2D eigenvalue weighted by Crippen LogP contribution is 2.27. The van der Waals surface area contributed by atoms with E-state index in [0.29, 0.717) is 16.9 Å². The van der Waals surface area contributed by atoms with Crippen molar-refractivity contribution in [3.05, 3.63) is 102 Å². The van der Waals surface area contributed by atoms with Crippen LogP contribution in [-0.2, 0) is 0 Å². The Bertz CT molecular complexity index is 1170. The number of benzene rings is 3. The van der Waals surface area contributed by atoms with Crippen molar-refractivity contribution in [2.75, 3.05) is 7.11 Å². The Morgan fingerprint density at radius 2 is 1.66 bits per heavy atom. The van der Waals surface area contributed by atoms with Gasteiger partial charge in [0.15, 0.2) is 5.78 Å². The van der Waals surface area contributed by atoms with Crippen LogP contribution >= 0.6 is 0 Å². The minimum absolute atomic E-state index is 0.0365. The second-order valence-corrected chi connectivity index (χ2v) is 7.08. The van der Waals surface area contributed by atoms with Crippen LogP contribution in [0.3, 0.4) is 0 Å². The summed E-state index contributed by atoms with van der Waals surface area (Å²) in [5, 5.41) is 0. The van der Waals surface area contributed by atoms with Crippen molar-refractivity contribution in [2.45, 2.75) is 13.8 Å². The molecule has 0 unspecified atom stereocenters. The number of carbonyl (C=O) groups is 1. The average molecular weight is 382 g/mol. The van der Waals surface area contributed by atoms with Crippen LogP contribution in [0, 0.1) is 13.8 Å². The molecule has 1 aromatic heterocycles. The molecule has 4 rings (SSSR count). The zero-order valence-corrected chi connectivity index (χ0v) is 16.7. The van der Waals surface area contributed by atoms with E-state index >= 15 is 0 Å². The summed E-state index contributed by atoms with van der Waals surface area (Å²) in [6.07, 6.45) is 3.66. The van der Waals surface area contributed by atoms with E-state index in [4.69, 9.17) is 4.74 Å². The van der Waals surface area contributed by atoms with Crippen LogP contribution in [0.4, 0.5) is 0 Å². The molecular weight excluding hydrogens is 360 g/mol. The molecule has 0 atom stereocenters. The molecule has 0 N–H and O–H groups in total. The molecule has 0 spiro atoms. The fourth-order valence-electron chi connectivity index (χ4n) is 3.34. The lowest BCUT2D eigenvalue weighted by atomic mass is 9.97. The first-order chi connectivity index (χ1) is 14.0. The summed E-state index contributed by atoms with van der Waals surface area (Å²) < 4.78 is 7.43. The molecule has 4 nitrogen and oxygen atoms in total. The maximum Gasteiger partial charge on any atom is 0.193 e. The van der Waals surface area contributed by atoms with Gasteiger partial charge in [0.05, 0.1) is 24.8 Å². The van der Waals surface area contributed by atoms with Gasteiger partial charge in [0.2, 0.25) is 0 Å². The van der Waals surface area contributed by atoms with Crippen molar-refractivity contribution in [2.24, 2.45) is 0 Å². The number of methoxy groups -OCH3 is 1. The SMILES string of the molecule is COc1cc(C(=O)c2cccc(-c3ccc(C)cc3)c2)ccc1-n1cnc(C)c1. The third kappa shape index (κ3) is 3.83. The number of nitrogens with zero attached hydrogens (tertiary/aromatic N) is 2. The first-order valence-corrected chi connectivity index (χ1v) is 9.46. The molecule has 4 heteroatoms. The average Bonchev–Trinajstić information content (AvgIpc) is 3.19. The molecule has 4 aromatic rings. The molecule has 0 bridgehead atoms. The van der Waals surface area contributed by atoms with Gasteiger partial charge in [0, 0.05) is 17.3 Å². The van der Waals surface area contributed by atoms with Crippen LogP contribution in [0.1, 0.15) is 27.2 Å². The van der Waals surface area contributed by atoms with E-state index in [2.05, 4.69) is 36.2 Å². The van der Waals surface area contributed by atoms with Gasteiger partial charge in [-0.05, 0) is 49.2 Å². The fourth-order valence-corrected chi connectivity index (χ4v) is 3.34. The Morgan fingerprint density at radius 3 is 2.34 bits per heavy atom. The van der Waals surface area contributed by atoms with E-state index in [1.165, 1.54) is 5.56 Å². The topological polar surface area (TPSA) is 44.1 Å². The second-order valence-electron chi connectivity index (χ2n) is 7.08. The van der Waals surface area contributed by atoms with Gasteiger partial charge in [-0.1, -0.05) is 48.0 Å². The molecule has 0 saturated carbocycles. The lowest BCUT2D eigenvalue weighted by Crippen LogP contribution is -2.04. The lowest BCUT2D eigenvalue weighted by molar-refractivity contribution is 0.103. The third-order valence-electron chi connectivity index (χ3n) is 4.94. The summed E-state index contributed by atoms with van der Waals surface area (Å²) in [7, 11) is 1.61. The van der Waals surface area contributed by atoms with E-state index in [1.54, 1.807) is 19.5 Å². The van der Waals surface area contributed by atoms with E-state index < -0.39 is 0 Å². The molecule has 1 heterocycles. The molecular formula is C25H22N2O2. The molecule has 144 valence electrons. The molecule has 0 amide bonds. The second kappa shape index (κ2) is 7.76. The van der Waals surface area contributed by atoms with Crippen molar-refractivity contribution in [1.29, 1.82) is 0 Å². The molecule has 0 saturated heterocycles. The van der Waals surface area contributed by atoms with Gasteiger partial charge in [-0.25, -0.2) is 4.98 Å². The van der Waals surface area contributed by atoms with E-state index in [9.17, 15) is 4.79 Å². The number of carbonyl (C=O) groups excluding carboxylic acids is 1. The van der Waals surface area contributed by atoms with Crippen molar-refractivity contribution < 1.29 is 9.53 Å². The Morgan fingerprint density at radius 1 is 0.897 bits per heavy atom. The van der Waals surface area contributed by atoms with Crippen molar-refractivity contribution >= 4 is 5.78 Å². The largest absolute Gasteiger partial charge is 0.495 e. The smallest absolute Gasteiger partial charge is 0.193 e. The minimum Gasteiger partial charge on any atom is -0.495 e. The monoisotopic (exact) mass is 382 g/mol. The van der Waals surface area contributed by atoms with Crippen LogP contribution in [0.2, 0.25) is 0 Å². The van der Waals surface area contributed by atoms with Crippen LogP contribution in [-0.4, -0.2) is 22.4 Å². The zero-order valence-electron chi connectivity index (χ0n) is 16.7. The third-order valence-corrected chi connectivity index (χ3v) is 4.94. The highest BCUT2D eigenvalue weighted by Gasteiger charge is 2.14. The zero-order chi connectivity index (χ0) is 20.4. The molecule has 0 radical (unpaired) electrons. The molecule has 29 heavy (non-hydrogen) atoms. The van der Waals surface area contributed by atoms with Gasteiger partial charge < -0.3 is 9.30 Å². The first-order valence-electron chi connectivity index (χ1n) is 9.46. The Hall–Kier alpha value is -3.66. The van der Waals surface area contributed by atoms with E-state index in [1.807, 2.05) is 54.1 Å². The first kappa shape index (κ1) is 18.7. The van der Waals surface area contributed by atoms with Crippen molar-refractivity contribution in [3.8, 4) is 22.6 Å². The Kier molecular flexibility index (Phi) is 5.00. The molecule has 0 aliphatic heterocycles. The van der Waals surface area contributed by atoms with Gasteiger partial charge in [-0.3, -0.25) is 4.79 Å². The van der Waals surface area contributed by atoms with E-state index in [-0.39, 0.29) is 5.78 Å². The maximum absolute atomic E-state index is 13.1. The molecule has 3 aromatic carbocycles. The summed E-state index contributed by atoms with van der Waals surface area (Å²) in [6.45, 7) is 3.99. The number of rotatable bonds is 5. The maximum atomic E-state index is 13.1. The van der Waals surface area contributed by atoms with Gasteiger partial charge in [-0.15, -0.1) is 0 Å². The minimum atomic E-state index is -0.0365. The fraction of sp³-hybridized carbons (Fsp3) is 0.120. The quantitative estimate of drug-likeness (QED) is 0.434. The van der Waals surface area contributed by atoms with Gasteiger partial charge in [0.25, 0.3) is 0 Å². The number of ketones is 1. The van der Waals surface area contributed by atoms with Crippen molar-refractivity contribution in [3.63, 3.8) is 0 Å². The summed E-state index contributed by atoms with van der Waals surface area (Å²) in [5.41, 5.74) is 6.32. The predicted octanol–water partition coefficient (Wildman–Crippen LogP) is 5.40. The number of hydrogen-bond acceptors (Lipinski definition) is 3. The van der Waals surface area contributed by atoms with Gasteiger partial charge >= 0.3 is 0 Å². The highest BCUT2D eigenvalue weighted by atomic mass is 16.5. The highest BCUT2D eigenvalue weighted by molar-refractivity contribution is 6.09. The Balaban J connectivity index is 1.68. The van der Waals surface area contributed by atoms with Gasteiger partial charge in [-0.2, -0.15) is 0 Å². The van der Waals surface area contributed by atoms with Crippen LogP contribution in [0.15, 0.2) is 79.3 Å². The summed E-state index contributed by atoms with van der Waals surface area (Å²) in [4.78, 5) is 17.4. The summed E-state index contributed by atoms with van der Waals surface area (Å²) in [6, 6.07) is 21.5. The summed E-state index contributed by atoms with van der Waals surface area (Å²) >= 11 is 0. The normalized spacial score (nSPS) is 10.7. The number of ether oxygens (including phenoxy) is 1. The lowest BCUT2D eigenvalue weighted by Gasteiger charge is -2.11. The molecule has 0 aliphatic rings. The number of aromatic nitrogens is 2. The van der Waals surface area contributed by atoms with Gasteiger partial charge in [0.1, 0.15) is 5.75 Å². The standard InChI is InChI=1S/C25H22N2O2/c1-17-7-9-19(10-8-17)20-5-4-6-21(13-20)25(28)22-11-12-23(24(14-22)29-3)27-15-18(2)26-16-27/h4-16H,1-3H3. The molecule has 0 fully saturated rings. The Labute approximate surface area is 170 Å². The number of imidazole rings is 1. The van der Waals surface area contributed by atoms with Crippen LogP contribution in [0.5, 0.6) is 5.75 Å². The van der Waals surface area contributed by atoms with E-state index in [0.717, 1.165) is 22.5 Å². The molecule has 0 aliphatic carbocycles. The number of hydrogen-bond donors (Lipinski definition) is 0. The summed E-state index contributed by atoms with van der Waals surface area (Å²) in [5.74, 6) is 0.591. The predicted molar refractivity (Wildman–Crippen MR) is 115 cm³/mol. The van der Waals surface area contributed by atoms with Crippen molar-refractivity contribution in [1.82, 2.24) is 9.55 Å². The number of aryl methyl sites for hydroxylation is 2.